The number of halogens is 1. The highest BCUT2D eigenvalue weighted by molar-refractivity contribution is 7.11. The Morgan fingerprint density at radius 3 is 2.56 bits per heavy atom. The Hall–Kier alpha value is -0.0100. The predicted octanol–water partition coefficient (Wildman–Crippen LogP) is 4.90. The van der Waals surface area contributed by atoms with E-state index in [-0.39, 0.29) is 0 Å². The van der Waals surface area contributed by atoms with Crippen LogP contribution in [-0.4, -0.2) is 5.88 Å². The fraction of sp³-hybridized carbons (Fsp3) is 0.714. The minimum Gasteiger partial charge on any atom is -0.145 e. The van der Waals surface area contributed by atoms with Gasteiger partial charge >= 0.3 is 0 Å². The summed E-state index contributed by atoms with van der Waals surface area (Å²) in [6.07, 6.45) is 8.02. The van der Waals surface area contributed by atoms with Crippen LogP contribution in [0.5, 0.6) is 0 Å². The Morgan fingerprint density at radius 1 is 1.31 bits per heavy atom. The zero-order valence-corrected chi connectivity index (χ0v) is 11.6. The quantitative estimate of drug-likeness (QED) is 0.658. The lowest BCUT2D eigenvalue weighted by Gasteiger charge is -2.20. The lowest BCUT2D eigenvalue weighted by Crippen LogP contribution is -2.15. The van der Waals surface area contributed by atoms with Crippen molar-refractivity contribution in [2.45, 2.75) is 45.4 Å². The summed E-state index contributed by atoms with van der Waals surface area (Å²) in [7, 11) is 0. The second-order valence-corrected chi connectivity index (χ2v) is 6.45. The van der Waals surface area contributed by atoms with Crippen LogP contribution >= 0.6 is 22.9 Å². The summed E-state index contributed by atoms with van der Waals surface area (Å²) in [5.41, 5.74) is 0. The Bertz CT molecular complexity index is 312. The van der Waals surface area contributed by atoms with Crippen molar-refractivity contribution in [1.29, 1.82) is 0 Å². The molecule has 90 valence electrons. The number of rotatable bonds is 5. The van der Waals surface area contributed by atoms with Gasteiger partial charge in [0.15, 0.2) is 0 Å². The third-order valence-electron chi connectivity index (χ3n) is 3.79. The Morgan fingerprint density at radius 2 is 2.00 bits per heavy atom. The maximum atomic E-state index is 6.14. The molecule has 2 heteroatoms. The van der Waals surface area contributed by atoms with Gasteiger partial charge in [0.1, 0.15) is 0 Å². The van der Waals surface area contributed by atoms with Crippen LogP contribution in [0.1, 0.15) is 42.4 Å². The normalized spacial score (nSPS) is 19.1. The molecule has 0 aliphatic heterocycles. The van der Waals surface area contributed by atoms with E-state index in [2.05, 4.69) is 19.1 Å². The molecule has 0 amide bonds. The van der Waals surface area contributed by atoms with E-state index in [4.69, 9.17) is 11.6 Å². The Balaban J connectivity index is 1.94. The fourth-order valence-corrected chi connectivity index (χ4v) is 4.17. The molecule has 0 aromatic carbocycles. The summed E-state index contributed by atoms with van der Waals surface area (Å²) >= 11 is 8.12. The van der Waals surface area contributed by atoms with E-state index in [1.54, 1.807) is 0 Å². The van der Waals surface area contributed by atoms with Gasteiger partial charge in [0, 0.05) is 15.6 Å². The topological polar surface area (TPSA) is 0 Å². The summed E-state index contributed by atoms with van der Waals surface area (Å²) < 4.78 is 0. The van der Waals surface area contributed by atoms with Crippen molar-refractivity contribution in [3.05, 3.63) is 21.9 Å². The molecule has 1 aliphatic carbocycles. The molecule has 1 aromatic heterocycles. The van der Waals surface area contributed by atoms with Crippen LogP contribution in [0.3, 0.4) is 0 Å². The predicted molar refractivity (Wildman–Crippen MR) is 73.6 cm³/mol. The van der Waals surface area contributed by atoms with Crippen LogP contribution in [0.15, 0.2) is 12.1 Å². The molecule has 2 rings (SSSR count). The van der Waals surface area contributed by atoms with Crippen LogP contribution in [0.4, 0.5) is 0 Å². The minimum atomic E-state index is 0.715. The SMILES string of the molecule is CCc1ccc(CC(CCl)C2CCCC2)s1. The summed E-state index contributed by atoms with van der Waals surface area (Å²) in [5.74, 6) is 2.45. The van der Waals surface area contributed by atoms with Crippen LogP contribution in [0.25, 0.3) is 0 Å². The molecule has 0 saturated heterocycles. The summed E-state index contributed by atoms with van der Waals surface area (Å²) in [4.78, 5) is 3.05. The van der Waals surface area contributed by atoms with Crippen molar-refractivity contribution < 1.29 is 0 Å². The molecule has 1 fully saturated rings. The van der Waals surface area contributed by atoms with Crippen LogP contribution in [0.2, 0.25) is 0 Å². The molecule has 1 saturated carbocycles. The van der Waals surface area contributed by atoms with Crippen LogP contribution in [0, 0.1) is 11.8 Å². The van der Waals surface area contributed by atoms with E-state index in [1.165, 1.54) is 48.3 Å². The van der Waals surface area contributed by atoms with E-state index in [0.717, 1.165) is 11.8 Å². The van der Waals surface area contributed by atoms with Gasteiger partial charge in [-0.15, -0.1) is 22.9 Å². The Kier molecular flexibility index (Phi) is 4.72. The summed E-state index contributed by atoms with van der Waals surface area (Å²) in [6, 6.07) is 4.58. The van der Waals surface area contributed by atoms with Crippen molar-refractivity contribution in [3.63, 3.8) is 0 Å². The van der Waals surface area contributed by atoms with Gasteiger partial charge in [-0.1, -0.05) is 32.6 Å². The highest BCUT2D eigenvalue weighted by Crippen LogP contribution is 2.35. The molecule has 0 bridgehead atoms. The van der Waals surface area contributed by atoms with Gasteiger partial charge in [0.2, 0.25) is 0 Å². The number of aryl methyl sites for hydroxylation is 1. The molecule has 1 atom stereocenters. The average molecular weight is 257 g/mol. The highest BCUT2D eigenvalue weighted by atomic mass is 35.5. The fourth-order valence-electron chi connectivity index (χ4n) is 2.76. The maximum Gasteiger partial charge on any atom is 0.0257 e. The van der Waals surface area contributed by atoms with E-state index in [1.807, 2.05) is 11.3 Å². The first-order chi connectivity index (χ1) is 7.83. The van der Waals surface area contributed by atoms with Crippen molar-refractivity contribution in [1.82, 2.24) is 0 Å². The Labute approximate surface area is 108 Å². The zero-order valence-electron chi connectivity index (χ0n) is 10.0. The molecule has 0 N–H and O–H groups in total. The van der Waals surface area contributed by atoms with Gasteiger partial charge in [0.25, 0.3) is 0 Å². The van der Waals surface area contributed by atoms with Crippen molar-refractivity contribution in [2.24, 2.45) is 11.8 Å². The van der Waals surface area contributed by atoms with Crippen LogP contribution < -0.4 is 0 Å². The lowest BCUT2D eigenvalue weighted by molar-refractivity contribution is 0.371. The largest absolute Gasteiger partial charge is 0.145 e. The standard InChI is InChI=1S/C14H21ClS/c1-2-13-7-8-14(16-13)9-12(10-15)11-5-3-4-6-11/h7-8,11-12H,2-6,9-10H2,1H3. The summed E-state index contributed by atoms with van der Waals surface area (Å²) in [6.45, 7) is 2.23. The lowest BCUT2D eigenvalue weighted by atomic mass is 9.89. The number of hydrogen-bond donors (Lipinski definition) is 0. The van der Waals surface area contributed by atoms with Crippen molar-refractivity contribution >= 4 is 22.9 Å². The van der Waals surface area contributed by atoms with E-state index in [0.29, 0.717) is 5.92 Å². The molecule has 0 radical (unpaired) electrons. The maximum absolute atomic E-state index is 6.14. The molecular formula is C14H21ClS. The molecule has 0 spiro atoms. The van der Waals surface area contributed by atoms with Gasteiger partial charge in [-0.2, -0.15) is 0 Å². The van der Waals surface area contributed by atoms with E-state index in [9.17, 15) is 0 Å². The van der Waals surface area contributed by atoms with Crippen molar-refractivity contribution in [2.75, 3.05) is 5.88 Å². The molecule has 16 heavy (non-hydrogen) atoms. The number of thiophene rings is 1. The second kappa shape index (κ2) is 6.07. The number of alkyl halides is 1. The highest BCUT2D eigenvalue weighted by Gasteiger charge is 2.24. The molecular weight excluding hydrogens is 236 g/mol. The molecule has 1 aliphatic rings. The molecule has 1 unspecified atom stereocenters. The smallest absolute Gasteiger partial charge is 0.0257 e. The van der Waals surface area contributed by atoms with Gasteiger partial charge in [0.05, 0.1) is 0 Å². The van der Waals surface area contributed by atoms with Gasteiger partial charge in [-0.3, -0.25) is 0 Å². The van der Waals surface area contributed by atoms with Gasteiger partial charge in [-0.25, -0.2) is 0 Å². The minimum absolute atomic E-state index is 0.715. The second-order valence-electron chi connectivity index (χ2n) is 4.88. The van der Waals surface area contributed by atoms with Gasteiger partial charge < -0.3 is 0 Å². The molecule has 1 aromatic rings. The first-order valence-electron chi connectivity index (χ1n) is 6.47. The third-order valence-corrected chi connectivity index (χ3v) is 5.44. The zero-order chi connectivity index (χ0) is 11.4. The first-order valence-corrected chi connectivity index (χ1v) is 7.82. The molecule has 1 heterocycles. The van der Waals surface area contributed by atoms with Gasteiger partial charge in [-0.05, 0) is 36.8 Å². The van der Waals surface area contributed by atoms with Crippen LogP contribution in [-0.2, 0) is 12.8 Å². The molecule has 0 nitrogen and oxygen atoms in total. The number of hydrogen-bond acceptors (Lipinski definition) is 1. The average Bonchev–Trinajstić information content (AvgIpc) is 2.96. The van der Waals surface area contributed by atoms with E-state index >= 15 is 0 Å². The summed E-state index contributed by atoms with van der Waals surface area (Å²) in [5, 5.41) is 0. The monoisotopic (exact) mass is 256 g/mol. The van der Waals surface area contributed by atoms with E-state index < -0.39 is 0 Å². The first kappa shape index (κ1) is 12.4. The third kappa shape index (κ3) is 3.01. The van der Waals surface area contributed by atoms with Crippen molar-refractivity contribution in [3.8, 4) is 0 Å².